The molecule has 110 valence electrons. The van der Waals surface area contributed by atoms with E-state index in [9.17, 15) is 5.11 Å². The molecule has 0 aliphatic rings. The van der Waals surface area contributed by atoms with Gasteiger partial charge in [0, 0.05) is 17.5 Å². The Labute approximate surface area is 128 Å². The molecule has 0 bridgehead atoms. The monoisotopic (exact) mass is 313 g/mol. The zero-order chi connectivity index (χ0) is 14.7. The predicted molar refractivity (Wildman–Crippen MR) is 86.0 cm³/mol. The summed E-state index contributed by atoms with van der Waals surface area (Å²) in [5.74, 6) is 0.840. The SMILES string of the molecule is CCC(CC)N(CCO)c1nc(Cl)nc2sc(C)cc12. The minimum Gasteiger partial charge on any atom is -0.395 e. The molecule has 6 heteroatoms. The average molecular weight is 314 g/mol. The molecule has 0 fully saturated rings. The summed E-state index contributed by atoms with van der Waals surface area (Å²) in [6.07, 6.45) is 2.01. The van der Waals surface area contributed by atoms with Gasteiger partial charge in [0.25, 0.3) is 0 Å². The van der Waals surface area contributed by atoms with Gasteiger partial charge in [-0.05, 0) is 37.4 Å². The van der Waals surface area contributed by atoms with Crippen molar-refractivity contribution < 1.29 is 5.11 Å². The summed E-state index contributed by atoms with van der Waals surface area (Å²) in [5.41, 5.74) is 0. The molecule has 2 aromatic rings. The Morgan fingerprint density at radius 2 is 2.05 bits per heavy atom. The standard InChI is InChI=1S/C14H20ClN3OS/c1-4-10(5-2)18(6-7-19)12-11-8-9(3)20-13(11)17-14(15)16-12/h8,10,19H,4-7H2,1-3H3. The molecular formula is C14H20ClN3OS. The van der Waals surface area contributed by atoms with E-state index in [1.807, 2.05) is 0 Å². The van der Waals surface area contributed by atoms with Crippen molar-refractivity contribution in [2.24, 2.45) is 0 Å². The van der Waals surface area contributed by atoms with Crippen LogP contribution >= 0.6 is 22.9 Å². The first-order valence-corrected chi connectivity index (χ1v) is 8.11. The van der Waals surface area contributed by atoms with Gasteiger partial charge in [0.15, 0.2) is 0 Å². The Bertz CT molecular complexity index is 583. The molecule has 0 saturated carbocycles. The first-order valence-electron chi connectivity index (χ1n) is 6.91. The number of aromatic nitrogens is 2. The Morgan fingerprint density at radius 1 is 1.35 bits per heavy atom. The van der Waals surface area contributed by atoms with Crippen LogP contribution in [0.25, 0.3) is 10.2 Å². The maximum Gasteiger partial charge on any atom is 0.225 e. The van der Waals surface area contributed by atoms with Gasteiger partial charge in [-0.1, -0.05) is 13.8 Å². The van der Waals surface area contributed by atoms with Crippen LogP contribution in [0, 0.1) is 6.92 Å². The molecule has 2 heterocycles. The van der Waals surface area contributed by atoms with Crippen molar-refractivity contribution in [1.82, 2.24) is 9.97 Å². The van der Waals surface area contributed by atoms with Crippen LogP contribution in [0.15, 0.2) is 6.07 Å². The highest BCUT2D eigenvalue weighted by Crippen LogP contribution is 2.33. The number of anilines is 1. The second kappa shape index (κ2) is 6.70. The van der Waals surface area contributed by atoms with E-state index in [2.05, 4.69) is 41.7 Å². The second-order valence-electron chi connectivity index (χ2n) is 4.78. The Kier molecular flexibility index (Phi) is 5.18. The van der Waals surface area contributed by atoms with Crippen LogP contribution in [-0.4, -0.2) is 34.3 Å². The molecule has 0 unspecified atom stereocenters. The first-order chi connectivity index (χ1) is 9.60. The largest absolute Gasteiger partial charge is 0.395 e. The zero-order valence-corrected chi connectivity index (χ0v) is 13.6. The summed E-state index contributed by atoms with van der Waals surface area (Å²) >= 11 is 7.68. The highest BCUT2D eigenvalue weighted by molar-refractivity contribution is 7.18. The fourth-order valence-corrected chi connectivity index (χ4v) is 3.61. The van der Waals surface area contributed by atoms with Gasteiger partial charge in [0.1, 0.15) is 10.6 Å². The minimum atomic E-state index is 0.0999. The molecule has 0 radical (unpaired) electrons. The van der Waals surface area contributed by atoms with Gasteiger partial charge in [-0.2, -0.15) is 4.98 Å². The number of hydrogen-bond acceptors (Lipinski definition) is 5. The van der Waals surface area contributed by atoms with Crippen LogP contribution in [0.2, 0.25) is 5.28 Å². The highest BCUT2D eigenvalue weighted by Gasteiger charge is 2.21. The van der Waals surface area contributed by atoms with E-state index >= 15 is 0 Å². The molecule has 2 rings (SSSR count). The average Bonchev–Trinajstić information content (AvgIpc) is 2.78. The third-order valence-electron chi connectivity index (χ3n) is 3.46. The van der Waals surface area contributed by atoms with Crippen LogP contribution in [0.4, 0.5) is 5.82 Å². The van der Waals surface area contributed by atoms with E-state index in [0.717, 1.165) is 28.9 Å². The lowest BCUT2D eigenvalue weighted by molar-refractivity contribution is 0.295. The van der Waals surface area contributed by atoms with Crippen LogP contribution in [0.3, 0.4) is 0 Å². The fourth-order valence-electron chi connectivity index (χ4n) is 2.52. The van der Waals surface area contributed by atoms with E-state index in [1.165, 1.54) is 4.88 Å². The van der Waals surface area contributed by atoms with Crippen molar-refractivity contribution in [3.63, 3.8) is 0 Å². The Morgan fingerprint density at radius 3 is 2.65 bits per heavy atom. The second-order valence-corrected chi connectivity index (χ2v) is 6.35. The molecule has 0 atom stereocenters. The first kappa shape index (κ1) is 15.5. The summed E-state index contributed by atoms with van der Waals surface area (Å²) in [6.45, 7) is 7.01. The molecule has 4 nitrogen and oxygen atoms in total. The number of aryl methyl sites for hydroxylation is 1. The van der Waals surface area contributed by atoms with Crippen molar-refractivity contribution in [2.75, 3.05) is 18.1 Å². The maximum absolute atomic E-state index is 9.37. The van der Waals surface area contributed by atoms with Gasteiger partial charge in [0.2, 0.25) is 5.28 Å². The molecule has 2 aromatic heterocycles. The van der Waals surface area contributed by atoms with Crippen molar-refractivity contribution in [2.45, 2.75) is 39.7 Å². The van der Waals surface area contributed by atoms with E-state index in [-0.39, 0.29) is 11.9 Å². The highest BCUT2D eigenvalue weighted by atomic mass is 35.5. The van der Waals surface area contributed by atoms with E-state index < -0.39 is 0 Å². The van der Waals surface area contributed by atoms with Crippen LogP contribution in [-0.2, 0) is 0 Å². The number of rotatable bonds is 6. The van der Waals surface area contributed by atoms with Crippen LogP contribution < -0.4 is 4.90 Å². The van der Waals surface area contributed by atoms with Gasteiger partial charge in [-0.25, -0.2) is 4.98 Å². The lowest BCUT2D eigenvalue weighted by Gasteiger charge is -2.31. The molecule has 0 saturated heterocycles. The van der Waals surface area contributed by atoms with Crippen molar-refractivity contribution in [3.05, 3.63) is 16.2 Å². The number of nitrogens with zero attached hydrogens (tertiary/aromatic N) is 3. The quantitative estimate of drug-likeness (QED) is 0.827. The molecular weight excluding hydrogens is 294 g/mol. The van der Waals surface area contributed by atoms with E-state index in [4.69, 9.17) is 11.6 Å². The summed E-state index contributed by atoms with van der Waals surface area (Å²) in [7, 11) is 0. The van der Waals surface area contributed by atoms with Gasteiger partial charge >= 0.3 is 0 Å². The number of thiophene rings is 1. The van der Waals surface area contributed by atoms with E-state index in [0.29, 0.717) is 12.6 Å². The molecule has 0 amide bonds. The third-order valence-corrected chi connectivity index (χ3v) is 4.58. The third kappa shape index (κ3) is 3.05. The summed E-state index contributed by atoms with van der Waals surface area (Å²) in [5, 5.41) is 10.7. The molecule has 1 N–H and O–H groups in total. The topological polar surface area (TPSA) is 49.2 Å². The maximum atomic E-state index is 9.37. The predicted octanol–water partition coefficient (Wildman–Crippen LogP) is 3.64. The number of halogens is 1. The van der Waals surface area contributed by atoms with Gasteiger partial charge < -0.3 is 10.0 Å². The van der Waals surface area contributed by atoms with Crippen LogP contribution in [0.5, 0.6) is 0 Å². The van der Waals surface area contributed by atoms with Gasteiger partial charge in [-0.15, -0.1) is 11.3 Å². The Hall–Kier alpha value is -0.910. The summed E-state index contributed by atoms with van der Waals surface area (Å²) in [4.78, 5) is 13.0. The normalized spacial score (nSPS) is 11.5. The number of fused-ring (bicyclic) bond motifs is 1. The van der Waals surface area contributed by atoms with Crippen molar-refractivity contribution in [1.29, 1.82) is 0 Å². The van der Waals surface area contributed by atoms with Crippen LogP contribution in [0.1, 0.15) is 31.6 Å². The molecule has 0 spiro atoms. The lowest BCUT2D eigenvalue weighted by atomic mass is 10.1. The number of aliphatic hydroxyl groups excluding tert-OH is 1. The number of aliphatic hydroxyl groups is 1. The minimum absolute atomic E-state index is 0.0999. The molecule has 20 heavy (non-hydrogen) atoms. The summed E-state index contributed by atoms with van der Waals surface area (Å²) in [6, 6.07) is 2.44. The van der Waals surface area contributed by atoms with Gasteiger partial charge in [-0.3, -0.25) is 0 Å². The summed E-state index contributed by atoms with van der Waals surface area (Å²) < 4.78 is 0. The Balaban J connectivity index is 2.56. The molecule has 0 aromatic carbocycles. The fraction of sp³-hybridized carbons (Fsp3) is 0.571. The smallest absolute Gasteiger partial charge is 0.225 e. The van der Waals surface area contributed by atoms with Gasteiger partial charge in [0.05, 0.1) is 12.0 Å². The molecule has 0 aliphatic heterocycles. The number of hydrogen-bond donors (Lipinski definition) is 1. The molecule has 0 aliphatic carbocycles. The van der Waals surface area contributed by atoms with Crippen molar-refractivity contribution in [3.8, 4) is 0 Å². The van der Waals surface area contributed by atoms with Crippen molar-refractivity contribution >= 4 is 39.0 Å². The van der Waals surface area contributed by atoms with E-state index in [1.54, 1.807) is 11.3 Å². The zero-order valence-electron chi connectivity index (χ0n) is 12.1. The lowest BCUT2D eigenvalue weighted by Crippen LogP contribution is -2.37.